The van der Waals surface area contributed by atoms with E-state index >= 15 is 0 Å². The fraction of sp³-hybridized carbons (Fsp3) is 0.296. The average molecular weight is 441 g/mol. The van der Waals surface area contributed by atoms with Gasteiger partial charge in [-0.15, -0.1) is 0 Å². The first-order valence-electron chi connectivity index (χ1n) is 11.6. The molecule has 1 saturated heterocycles. The van der Waals surface area contributed by atoms with Gasteiger partial charge >= 0.3 is 0 Å². The lowest BCUT2D eigenvalue weighted by Crippen LogP contribution is -2.51. The quantitative estimate of drug-likeness (QED) is 0.625. The molecule has 3 heterocycles. The SMILES string of the molecule is O=C(Cc1ccccn1)N1CCN(C(=O)c2ccc(N3CCc4ccccc4C3)cc2)CC1. The van der Waals surface area contributed by atoms with E-state index in [9.17, 15) is 9.59 Å². The van der Waals surface area contributed by atoms with E-state index in [1.807, 2.05) is 52.3 Å². The van der Waals surface area contributed by atoms with Gasteiger partial charge in [-0.25, -0.2) is 0 Å². The number of nitrogens with zero attached hydrogens (tertiary/aromatic N) is 4. The van der Waals surface area contributed by atoms with Crippen LogP contribution in [0.5, 0.6) is 0 Å². The molecule has 0 saturated carbocycles. The van der Waals surface area contributed by atoms with Gasteiger partial charge in [-0.1, -0.05) is 30.3 Å². The maximum absolute atomic E-state index is 13.0. The molecule has 6 nitrogen and oxygen atoms in total. The molecule has 2 aromatic carbocycles. The smallest absolute Gasteiger partial charge is 0.253 e. The molecule has 168 valence electrons. The van der Waals surface area contributed by atoms with E-state index in [0.717, 1.165) is 30.9 Å². The first-order chi connectivity index (χ1) is 16.2. The van der Waals surface area contributed by atoms with E-state index in [2.05, 4.69) is 34.1 Å². The third-order valence-corrected chi connectivity index (χ3v) is 6.59. The molecule has 0 radical (unpaired) electrons. The second kappa shape index (κ2) is 9.45. The Balaban J connectivity index is 1.16. The zero-order chi connectivity index (χ0) is 22.6. The predicted molar refractivity (Wildman–Crippen MR) is 128 cm³/mol. The van der Waals surface area contributed by atoms with Crippen LogP contribution in [-0.2, 0) is 24.2 Å². The van der Waals surface area contributed by atoms with Crippen molar-refractivity contribution in [2.75, 3.05) is 37.6 Å². The number of hydrogen-bond acceptors (Lipinski definition) is 4. The van der Waals surface area contributed by atoms with Crippen molar-refractivity contribution < 1.29 is 9.59 Å². The molecular weight excluding hydrogens is 412 g/mol. The number of pyridine rings is 1. The summed E-state index contributed by atoms with van der Waals surface area (Å²) < 4.78 is 0. The number of anilines is 1. The third-order valence-electron chi connectivity index (χ3n) is 6.59. The Hall–Kier alpha value is -3.67. The minimum atomic E-state index is 0.0300. The van der Waals surface area contributed by atoms with Crippen molar-refractivity contribution in [1.29, 1.82) is 0 Å². The number of benzene rings is 2. The minimum Gasteiger partial charge on any atom is -0.367 e. The van der Waals surface area contributed by atoms with Crippen LogP contribution in [0, 0.1) is 0 Å². The van der Waals surface area contributed by atoms with Gasteiger partial charge in [0.2, 0.25) is 5.91 Å². The lowest BCUT2D eigenvalue weighted by molar-refractivity contribution is -0.132. The molecule has 0 atom stereocenters. The second-order valence-electron chi connectivity index (χ2n) is 8.66. The Labute approximate surface area is 194 Å². The summed E-state index contributed by atoms with van der Waals surface area (Å²) >= 11 is 0. The lowest BCUT2D eigenvalue weighted by atomic mass is 9.99. The number of aromatic nitrogens is 1. The van der Waals surface area contributed by atoms with Crippen molar-refractivity contribution in [1.82, 2.24) is 14.8 Å². The Kier molecular flexibility index (Phi) is 6.07. The maximum Gasteiger partial charge on any atom is 0.253 e. The summed E-state index contributed by atoms with van der Waals surface area (Å²) in [7, 11) is 0. The van der Waals surface area contributed by atoms with Gasteiger partial charge in [0.15, 0.2) is 0 Å². The first-order valence-corrected chi connectivity index (χ1v) is 11.6. The zero-order valence-electron chi connectivity index (χ0n) is 18.7. The van der Waals surface area contributed by atoms with Crippen LogP contribution in [0.4, 0.5) is 5.69 Å². The molecule has 0 unspecified atom stereocenters. The molecule has 6 heteroatoms. The first kappa shape index (κ1) is 21.2. The maximum atomic E-state index is 13.0. The predicted octanol–water partition coefficient (Wildman–Crippen LogP) is 3.17. The van der Waals surface area contributed by atoms with E-state index in [1.54, 1.807) is 6.20 Å². The molecule has 1 aromatic heterocycles. The number of amides is 2. The summed E-state index contributed by atoms with van der Waals surface area (Å²) in [5.41, 5.74) is 5.42. The zero-order valence-corrected chi connectivity index (χ0v) is 18.7. The number of hydrogen-bond donors (Lipinski definition) is 0. The van der Waals surface area contributed by atoms with Crippen LogP contribution in [0.15, 0.2) is 72.9 Å². The highest BCUT2D eigenvalue weighted by Crippen LogP contribution is 2.25. The number of fused-ring (bicyclic) bond motifs is 1. The van der Waals surface area contributed by atoms with Gasteiger partial charge in [0.1, 0.15) is 0 Å². The van der Waals surface area contributed by atoms with Gasteiger partial charge in [0, 0.05) is 62.4 Å². The molecule has 0 aliphatic carbocycles. The van der Waals surface area contributed by atoms with Gasteiger partial charge < -0.3 is 14.7 Å². The van der Waals surface area contributed by atoms with Crippen molar-refractivity contribution in [3.8, 4) is 0 Å². The topological polar surface area (TPSA) is 56.8 Å². The molecule has 0 N–H and O–H groups in total. The Morgan fingerprint density at radius 3 is 2.18 bits per heavy atom. The standard InChI is InChI=1S/C27H28N4O2/c32-26(19-24-7-3-4-13-28-24)29-15-17-30(18-16-29)27(33)22-8-10-25(11-9-22)31-14-12-21-5-1-2-6-23(21)20-31/h1-11,13H,12,14-20H2. The Morgan fingerprint density at radius 1 is 0.758 bits per heavy atom. The van der Waals surface area contributed by atoms with Crippen molar-refractivity contribution in [3.63, 3.8) is 0 Å². The van der Waals surface area contributed by atoms with Crippen molar-refractivity contribution >= 4 is 17.5 Å². The van der Waals surface area contributed by atoms with Crippen molar-refractivity contribution in [3.05, 3.63) is 95.3 Å². The summed E-state index contributed by atoms with van der Waals surface area (Å²) in [6, 6.07) is 22.2. The van der Waals surface area contributed by atoms with Crippen LogP contribution in [0.25, 0.3) is 0 Å². The van der Waals surface area contributed by atoms with Gasteiger partial charge in [0.05, 0.1) is 6.42 Å². The minimum absolute atomic E-state index is 0.0300. The molecule has 0 bridgehead atoms. The van der Waals surface area contributed by atoms with Crippen LogP contribution in [0.2, 0.25) is 0 Å². The number of rotatable bonds is 4. The summed E-state index contributed by atoms with van der Waals surface area (Å²) in [6.07, 6.45) is 3.05. The third kappa shape index (κ3) is 4.75. The summed E-state index contributed by atoms with van der Waals surface area (Å²) in [6.45, 7) is 4.11. The molecule has 3 aromatic rings. The molecular formula is C27H28N4O2. The van der Waals surface area contributed by atoms with E-state index < -0.39 is 0 Å². The fourth-order valence-electron chi connectivity index (χ4n) is 4.64. The van der Waals surface area contributed by atoms with Gasteiger partial charge in [0.25, 0.3) is 5.91 Å². The highest BCUT2D eigenvalue weighted by molar-refractivity contribution is 5.94. The largest absolute Gasteiger partial charge is 0.367 e. The molecule has 2 aliphatic heterocycles. The number of carbonyl (C=O) groups excluding carboxylic acids is 2. The van der Waals surface area contributed by atoms with Gasteiger partial charge in [-0.05, 0) is 53.9 Å². The van der Waals surface area contributed by atoms with Crippen LogP contribution in [0.3, 0.4) is 0 Å². The molecule has 5 rings (SSSR count). The van der Waals surface area contributed by atoms with Crippen LogP contribution in [-0.4, -0.2) is 59.3 Å². The fourth-order valence-corrected chi connectivity index (χ4v) is 4.64. The Morgan fingerprint density at radius 2 is 1.45 bits per heavy atom. The Bertz CT molecular complexity index is 1120. The van der Waals surface area contributed by atoms with E-state index in [1.165, 1.54) is 11.1 Å². The van der Waals surface area contributed by atoms with Gasteiger partial charge in [-0.2, -0.15) is 0 Å². The summed E-state index contributed by atoms with van der Waals surface area (Å²) in [5, 5.41) is 0. The van der Waals surface area contributed by atoms with Crippen LogP contribution >= 0.6 is 0 Å². The highest BCUT2D eigenvalue weighted by Gasteiger charge is 2.25. The van der Waals surface area contributed by atoms with Crippen molar-refractivity contribution in [2.45, 2.75) is 19.4 Å². The second-order valence-corrected chi connectivity index (χ2v) is 8.66. The monoisotopic (exact) mass is 440 g/mol. The molecule has 2 aliphatic rings. The molecule has 1 fully saturated rings. The lowest BCUT2D eigenvalue weighted by Gasteiger charge is -2.35. The van der Waals surface area contributed by atoms with Gasteiger partial charge in [-0.3, -0.25) is 14.6 Å². The summed E-state index contributed by atoms with van der Waals surface area (Å²) in [4.78, 5) is 35.8. The van der Waals surface area contributed by atoms with Crippen LogP contribution in [0.1, 0.15) is 27.2 Å². The van der Waals surface area contributed by atoms with E-state index in [4.69, 9.17) is 0 Å². The van der Waals surface area contributed by atoms with E-state index in [-0.39, 0.29) is 11.8 Å². The highest BCUT2D eigenvalue weighted by atomic mass is 16.2. The molecule has 2 amide bonds. The normalized spacial score (nSPS) is 15.8. The molecule has 33 heavy (non-hydrogen) atoms. The number of carbonyl (C=O) groups is 2. The van der Waals surface area contributed by atoms with Crippen LogP contribution < -0.4 is 4.90 Å². The van der Waals surface area contributed by atoms with Crippen molar-refractivity contribution in [2.24, 2.45) is 0 Å². The number of piperazine rings is 1. The van der Waals surface area contributed by atoms with E-state index in [0.29, 0.717) is 38.2 Å². The molecule has 0 spiro atoms. The average Bonchev–Trinajstić information content (AvgIpc) is 2.89. The summed E-state index contributed by atoms with van der Waals surface area (Å²) in [5.74, 6) is 0.0932.